The molecule has 18 heteroatoms. The monoisotopic (exact) mass is 1450 g/mol. The molecule has 576 valence electrons. The zero-order valence-electron chi connectivity index (χ0n) is 62.8. The van der Waals surface area contributed by atoms with Gasteiger partial charge in [-0.15, -0.1) is 0 Å². The summed E-state index contributed by atoms with van der Waals surface area (Å²) in [5.41, 5.74) is 0. The van der Waals surface area contributed by atoms with Crippen LogP contribution in [0.1, 0.15) is 290 Å². The van der Waals surface area contributed by atoms with Gasteiger partial charge in [0.1, 0.15) is 25.4 Å². The third-order valence-corrected chi connectivity index (χ3v) is 17.6. The van der Waals surface area contributed by atoms with E-state index in [1.165, 1.54) is 96.3 Å². The SMILES string of the molecule is CC/C=C\C/C=C\C/C=C\C/C=C\C/C=C\C/C=C\CCC(=O)OCC(COP(=O)(O)OCC(O)COP(=O)(O)OCC(O)COC(=O)CCCCCCCCCCCCCCCCC/C=C\C/C=C\C/C=C\C/C=C\C/C=C\CC)OC(=O)CCCCCCC/C=C\C/C=C\CCCCC. The molecule has 0 radical (unpaired) electrons. The highest BCUT2D eigenvalue weighted by Gasteiger charge is 2.29. The van der Waals surface area contributed by atoms with Crippen molar-refractivity contribution in [1.29, 1.82) is 0 Å². The first-order chi connectivity index (χ1) is 49.2. The van der Waals surface area contributed by atoms with E-state index < -0.39 is 91.5 Å². The molecular formula is C83H138O16P2. The first-order valence-corrected chi connectivity index (χ1v) is 41.8. The Bertz CT molecular complexity index is 2470. The molecule has 4 N–H and O–H groups in total. The predicted molar refractivity (Wildman–Crippen MR) is 417 cm³/mol. The number of aliphatic hydroxyl groups excluding tert-OH is 2. The number of unbranched alkanes of at least 4 members (excludes halogenated alkanes) is 23. The lowest BCUT2D eigenvalue weighted by molar-refractivity contribution is -0.161. The Hall–Kier alpha value is -4.83. The Morgan fingerprint density at radius 3 is 0.891 bits per heavy atom. The summed E-state index contributed by atoms with van der Waals surface area (Å²) in [5.74, 6) is -1.69. The number of phosphoric ester groups is 2. The van der Waals surface area contributed by atoms with Crippen molar-refractivity contribution in [3.8, 4) is 0 Å². The van der Waals surface area contributed by atoms with Gasteiger partial charge in [0, 0.05) is 19.3 Å². The Morgan fingerprint density at radius 2 is 0.545 bits per heavy atom. The van der Waals surface area contributed by atoms with Crippen molar-refractivity contribution < 1.29 is 75.8 Å². The maximum Gasteiger partial charge on any atom is 0.472 e. The molecule has 0 saturated heterocycles. The minimum absolute atomic E-state index is 0.0379. The molecule has 0 bridgehead atoms. The Morgan fingerprint density at radius 1 is 0.287 bits per heavy atom. The zero-order valence-corrected chi connectivity index (χ0v) is 64.6. The van der Waals surface area contributed by atoms with Crippen LogP contribution in [-0.2, 0) is 55.8 Å². The average Bonchev–Trinajstić information content (AvgIpc) is 1.14. The molecular weight excluding hydrogens is 1310 g/mol. The van der Waals surface area contributed by atoms with E-state index in [1.54, 1.807) is 0 Å². The number of aliphatic hydroxyl groups is 2. The van der Waals surface area contributed by atoms with E-state index in [-0.39, 0.29) is 19.3 Å². The van der Waals surface area contributed by atoms with Crippen molar-refractivity contribution in [1.82, 2.24) is 0 Å². The van der Waals surface area contributed by atoms with Gasteiger partial charge < -0.3 is 34.2 Å². The van der Waals surface area contributed by atoms with Crippen LogP contribution in [0.25, 0.3) is 0 Å². The Labute approximate surface area is 612 Å². The molecule has 0 aliphatic rings. The number of carbonyl (C=O) groups excluding carboxylic acids is 3. The number of hydrogen-bond acceptors (Lipinski definition) is 14. The van der Waals surface area contributed by atoms with Crippen molar-refractivity contribution in [3.05, 3.63) is 158 Å². The lowest BCUT2D eigenvalue weighted by Crippen LogP contribution is -2.30. The summed E-state index contributed by atoms with van der Waals surface area (Å²) < 4.78 is 61.0. The highest BCUT2D eigenvalue weighted by atomic mass is 31.2. The Balaban J connectivity index is 4.54. The molecule has 0 spiro atoms. The maximum atomic E-state index is 12.9. The van der Waals surface area contributed by atoms with Crippen LogP contribution in [0.5, 0.6) is 0 Å². The van der Waals surface area contributed by atoms with Crippen LogP contribution >= 0.6 is 15.6 Å². The maximum absolute atomic E-state index is 12.9. The van der Waals surface area contributed by atoms with E-state index in [4.69, 9.17) is 32.3 Å². The second kappa shape index (κ2) is 74.9. The van der Waals surface area contributed by atoms with Gasteiger partial charge in [0.05, 0.1) is 26.4 Å². The molecule has 0 aliphatic heterocycles. The van der Waals surface area contributed by atoms with Crippen LogP contribution in [0.2, 0.25) is 0 Å². The summed E-state index contributed by atoms with van der Waals surface area (Å²) in [7, 11) is -9.82. The van der Waals surface area contributed by atoms with Crippen LogP contribution in [-0.4, -0.2) is 95.9 Å². The lowest BCUT2D eigenvalue weighted by atomic mass is 10.0. The molecule has 5 atom stereocenters. The van der Waals surface area contributed by atoms with Crippen molar-refractivity contribution in [2.45, 2.75) is 309 Å². The van der Waals surface area contributed by atoms with E-state index in [2.05, 4.69) is 161 Å². The van der Waals surface area contributed by atoms with Gasteiger partial charge in [-0.2, -0.15) is 0 Å². The summed E-state index contributed by atoms with van der Waals surface area (Å²) in [6.45, 7) is 2.31. The summed E-state index contributed by atoms with van der Waals surface area (Å²) in [6, 6.07) is 0. The van der Waals surface area contributed by atoms with Gasteiger partial charge in [0.25, 0.3) is 0 Å². The molecule has 0 rings (SSSR count). The molecule has 0 heterocycles. The van der Waals surface area contributed by atoms with Crippen molar-refractivity contribution >= 4 is 33.6 Å². The van der Waals surface area contributed by atoms with E-state index in [0.717, 1.165) is 128 Å². The molecule has 5 unspecified atom stereocenters. The van der Waals surface area contributed by atoms with Gasteiger partial charge in [-0.3, -0.25) is 32.5 Å². The minimum atomic E-state index is -4.95. The summed E-state index contributed by atoms with van der Waals surface area (Å²) in [4.78, 5) is 58.5. The molecule has 0 amide bonds. The number of ether oxygens (including phenoxy) is 3. The van der Waals surface area contributed by atoms with Crippen LogP contribution in [0.15, 0.2) is 158 Å². The van der Waals surface area contributed by atoms with Gasteiger partial charge >= 0.3 is 33.6 Å². The van der Waals surface area contributed by atoms with Gasteiger partial charge in [0.2, 0.25) is 0 Å². The molecule has 101 heavy (non-hydrogen) atoms. The number of rotatable bonds is 72. The average molecular weight is 1450 g/mol. The summed E-state index contributed by atoms with van der Waals surface area (Å²) >= 11 is 0. The molecule has 16 nitrogen and oxygen atoms in total. The van der Waals surface area contributed by atoms with Crippen LogP contribution in [0.4, 0.5) is 0 Å². The fraction of sp³-hybridized carbons (Fsp3) is 0.651. The fourth-order valence-corrected chi connectivity index (χ4v) is 11.5. The highest BCUT2D eigenvalue weighted by Crippen LogP contribution is 2.45. The van der Waals surface area contributed by atoms with E-state index in [9.17, 15) is 43.5 Å². The molecule has 0 saturated carbocycles. The smallest absolute Gasteiger partial charge is 0.463 e. The minimum Gasteiger partial charge on any atom is -0.463 e. The largest absolute Gasteiger partial charge is 0.472 e. The van der Waals surface area contributed by atoms with Crippen molar-refractivity contribution in [2.24, 2.45) is 0 Å². The highest BCUT2D eigenvalue weighted by molar-refractivity contribution is 7.47. The van der Waals surface area contributed by atoms with Crippen LogP contribution < -0.4 is 0 Å². The van der Waals surface area contributed by atoms with E-state index in [0.29, 0.717) is 25.7 Å². The topological polar surface area (TPSA) is 231 Å². The third-order valence-electron chi connectivity index (χ3n) is 15.7. The van der Waals surface area contributed by atoms with Crippen LogP contribution in [0.3, 0.4) is 0 Å². The van der Waals surface area contributed by atoms with Crippen molar-refractivity contribution in [3.63, 3.8) is 0 Å². The number of hydrogen-bond donors (Lipinski definition) is 4. The fourth-order valence-electron chi connectivity index (χ4n) is 9.89. The second-order valence-electron chi connectivity index (χ2n) is 25.4. The third kappa shape index (κ3) is 76.1. The number of phosphoric acid groups is 2. The van der Waals surface area contributed by atoms with E-state index >= 15 is 0 Å². The Kier molecular flexibility index (Phi) is 71.3. The quantitative estimate of drug-likeness (QED) is 0.0146. The lowest BCUT2D eigenvalue weighted by Gasteiger charge is -2.21. The summed E-state index contributed by atoms with van der Waals surface area (Å²) in [6.07, 6.45) is 93.2. The van der Waals surface area contributed by atoms with Gasteiger partial charge in [-0.05, 0) is 135 Å². The first kappa shape index (κ1) is 96.2. The van der Waals surface area contributed by atoms with Gasteiger partial charge in [0.15, 0.2) is 6.10 Å². The van der Waals surface area contributed by atoms with Crippen molar-refractivity contribution in [2.75, 3.05) is 39.6 Å². The number of allylic oxidation sites excluding steroid dienone is 26. The van der Waals surface area contributed by atoms with Gasteiger partial charge in [-0.25, -0.2) is 9.13 Å². The molecule has 0 aromatic carbocycles. The normalized spacial score (nSPS) is 14.9. The first-order valence-electron chi connectivity index (χ1n) is 38.8. The number of esters is 3. The standard InChI is InChI=1S/C83H138O16P2/c1-4-7-10-13-16-19-22-25-28-30-32-33-34-35-36-37-38-39-40-41-42-43-45-47-49-51-54-57-60-63-66-69-81(86)93-72-78(84)73-95-100(89,90)96-74-79(85)75-97-101(91,92)98-77-80(99-83(88)71-68-65-62-59-56-53-48-27-24-21-18-15-12-9-6-3)76-94-82(87)70-67-64-61-58-55-52-50-46-44-31-29-26-23-20-17-14-11-8-5-2/h7-8,10-11,16-21,25-29,32-33,35-36,44,46,48,52,55,61,64,78-80,84-85H,4-6,9,12-15,22-24,30-31,34,37-43,45,47,49-51,53-54,56-60,62-63,65-77H2,1-3H3,(H,89,90)(H,91,92)/b10-7-,11-8-,19-16-,20-17-,21-18-,28-25-,29-26-,33-32-,36-35-,46-44-,48-27-,55-52-,64-61-. The number of carbonyl (C=O) groups is 3. The molecule has 0 aliphatic carbocycles. The van der Waals surface area contributed by atoms with E-state index in [1.807, 2.05) is 18.2 Å². The second-order valence-corrected chi connectivity index (χ2v) is 28.3. The molecule has 0 fully saturated rings. The molecule has 0 aromatic heterocycles. The summed E-state index contributed by atoms with van der Waals surface area (Å²) in [5, 5.41) is 20.6. The zero-order chi connectivity index (χ0) is 73.7. The van der Waals surface area contributed by atoms with Gasteiger partial charge in [-0.1, -0.05) is 294 Å². The molecule has 0 aromatic rings. The predicted octanol–water partition coefficient (Wildman–Crippen LogP) is 22.6. The van der Waals surface area contributed by atoms with Crippen LogP contribution in [0, 0.1) is 0 Å².